The van der Waals surface area contributed by atoms with Crippen molar-refractivity contribution in [2.24, 2.45) is 5.92 Å². The van der Waals surface area contributed by atoms with Gasteiger partial charge in [0.25, 0.3) is 0 Å². The molecule has 0 amide bonds. The normalized spacial score (nSPS) is 12.5. The van der Waals surface area contributed by atoms with Crippen LogP contribution in [0.2, 0.25) is 0 Å². The molecule has 0 saturated carbocycles. The van der Waals surface area contributed by atoms with Crippen molar-refractivity contribution in [3.8, 4) is 12.3 Å². The minimum Gasteiger partial charge on any atom is -0.389 e. The standard InChI is InChI=1S/C22H30N2O2/c1-4-13-26-18-22(25)17-23(14-19(2)3)16-21-11-8-12-24(21)15-20-9-6-5-7-10-20/h1,5-12,19,22,25H,13-18H2,2-3H3. The van der Waals surface area contributed by atoms with Gasteiger partial charge in [-0.05, 0) is 23.6 Å². The Balaban J connectivity index is 1.99. The maximum atomic E-state index is 10.3. The zero-order valence-corrected chi connectivity index (χ0v) is 15.8. The van der Waals surface area contributed by atoms with Crippen LogP contribution in [0.25, 0.3) is 0 Å². The topological polar surface area (TPSA) is 37.6 Å². The first kappa shape index (κ1) is 20.3. The summed E-state index contributed by atoms with van der Waals surface area (Å²) in [5.41, 5.74) is 2.52. The molecule has 4 heteroatoms. The molecule has 0 spiro atoms. The SMILES string of the molecule is C#CCOCC(O)CN(Cc1cccn1Cc1ccccc1)CC(C)C. The predicted molar refractivity (Wildman–Crippen MR) is 106 cm³/mol. The monoisotopic (exact) mass is 354 g/mol. The Morgan fingerprint density at radius 1 is 1.15 bits per heavy atom. The van der Waals surface area contributed by atoms with Crippen LogP contribution in [0.4, 0.5) is 0 Å². The molecule has 1 aromatic heterocycles. The molecule has 1 N–H and O–H groups in total. The predicted octanol–water partition coefficient (Wildman–Crippen LogP) is 3.01. The molecule has 1 aromatic carbocycles. The molecular weight excluding hydrogens is 324 g/mol. The van der Waals surface area contributed by atoms with E-state index in [1.54, 1.807) is 0 Å². The lowest BCUT2D eigenvalue weighted by Gasteiger charge is -2.27. The number of terminal acetylenes is 1. The number of aromatic nitrogens is 1. The number of aliphatic hydroxyl groups is 1. The van der Waals surface area contributed by atoms with E-state index in [1.165, 1.54) is 11.3 Å². The Hall–Kier alpha value is -2.06. The van der Waals surface area contributed by atoms with Crippen molar-refractivity contribution >= 4 is 0 Å². The van der Waals surface area contributed by atoms with Crippen molar-refractivity contribution in [3.63, 3.8) is 0 Å². The maximum absolute atomic E-state index is 10.3. The van der Waals surface area contributed by atoms with Crippen molar-refractivity contribution in [3.05, 3.63) is 59.9 Å². The Labute approximate surface area is 157 Å². The molecule has 2 rings (SSSR count). The van der Waals surface area contributed by atoms with Gasteiger partial charge in [-0.15, -0.1) is 6.42 Å². The third-order valence-corrected chi connectivity index (χ3v) is 4.09. The Kier molecular flexibility index (Phi) is 8.43. The van der Waals surface area contributed by atoms with E-state index in [2.05, 4.69) is 71.8 Å². The largest absolute Gasteiger partial charge is 0.389 e. The molecule has 1 atom stereocenters. The minimum absolute atomic E-state index is 0.237. The molecule has 1 heterocycles. The van der Waals surface area contributed by atoms with Crippen LogP contribution in [0.3, 0.4) is 0 Å². The molecule has 26 heavy (non-hydrogen) atoms. The molecule has 1 unspecified atom stereocenters. The lowest BCUT2D eigenvalue weighted by Crippen LogP contribution is -2.37. The van der Waals surface area contributed by atoms with E-state index < -0.39 is 6.10 Å². The summed E-state index contributed by atoms with van der Waals surface area (Å²) in [7, 11) is 0. The highest BCUT2D eigenvalue weighted by atomic mass is 16.5. The van der Waals surface area contributed by atoms with Crippen LogP contribution in [-0.4, -0.2) is 47.0 Å². The summed E-state index contributed by atoms with van der Waals surface area (Å²) < 4.78 is 7.54. The molecule has 2 aromatic rings. The molecule has 0 bridgehead atoms. The van der Waals surface area contributed by atoms with Crippen LogP contribution >= 0.6 is 0 Å². The van der Waals surface area contributed by atoms with E-state index in [-0.39, 0.29) is 13.2 Å². The number of hydrogen-bond acceptors (Lipinski definition) is 3. The summed E-state index contributed by atoms with van der Waals surface area (Å²) in [6, 6.07) is 14.7. The molecular formula is C22H30N2O2. The van der Waals surface area contributed by atoms with Crippen LogP contribution in [-0.2, 0) is 17.8 Å². The molecule has 0 aliphatic carbocycles. The van der Waals surface area contributed by atoms with E-state index in [4.69, 9.17) is 11.2 Å². The number of nitrogens with zero attached hydrogens (tertiary/aromatic N) is 2. The zero-order valence-electron chi connectivity index (χ0n) is 15.8. The molecule has 140 valence electrons. The fourth-order valence-electron chi connectivity index (χ4n) is 3.08. The highest BCUT2D eigenvalue weighted by Crippen LogP contribution is 2.12. The summed E-state index contributed by atoms with van der Waals surface area (Å²) in [5.74, 6) is 2.95. The second-order valence-electron chi connectivity index (χ2n) is 7.07. The van der Waals surface area contributed by atoms with Gasteiger partial charge in [0, 0.05) is 38.1 Å². The van der Waals surface area contributed by atoms with Gasteiger partial charge in [0.2, 0.25) is 0 Å². The zero-order chi connectivity index (χ0) is 18.8. The Bertz CT molecular complexity index is 673. The molecule has 0 radical (unpaired) electrons. The van der Waals surface area contributed by atoms with Crippen LogP contribution in [0.1, 0.15) is 25.1 Å². The van der Waals surface area contributed by atoms with Crippen LogP contribution in [0.15, 0.2) is 48.7 Å². The molecule has 0 fully saturated rings. The summed E-state index contributed by atoms with van der Waals surface area (Å²) in [4.78, 5) is 2.28. The quantitative estimate of drug-likeness (QED) is 0.498. The third-order valence-electron chi connectivity index (χ3n) is 4.09. The van der Waals surface area contributed by atoms with Gasteiger partial charge in [-0.2, -0.15) is 0 Å². The highest BCUT2D eigenvalue weighted by molar-refractivity contribution is 5.17. The molecule has 0 aliphatic rings. The Morgan fingerprint density at radius 3 is 2.62 bits per heavy atom. The van der Waals surface area contributed by atoms with Crippen molar-refractivity contribution < 1.29 is 9.84 Å². The van der Waals surface area contributed by atoms with Gasteiger partial charge in [-0.1, -0.05) is 50.1 Å². The van der Waals surface area contributed by atoms with Gasteiger partial charge in [0.05, 0.1) is 12.7 Å². The second kappa shape index (κ2) is 10.8. The van der Waals surface area contributed by atoms with Crippen molar-refractivity contribution in [1.82, 2.24) is 9.47 Å². The van der Waals surface area contributed by atoms with Gasteiger partial charge >= 0.3 is 0 Å². The van der Waals surface area contributed by atoms with E-state index >= 15 is 0 Å². The molecule has 0 saturated heterocycles. The Morgan fingerprint density at radius 2 is 1.92 bits per heavy atom. The van der Waals surface area contributed by atoms with Gasteiger partial charge in [0.15, 0.2) is 0 Å². The number of hydrogen-bond donors (Lipinski definition) is 1. The maximum Gasteiger partial charge on any atom is 0.107 e. The average Bonchev–Trinajstić information content (AvgIpc) is 3.02. The first-order valence-electron chi connectivity index (χ1n) is 9.18. The first-order chi connectivity index (χ1) is 12.6. The smallest absolute Gasteiger partial charge is 0.107 e. The summed E-state index contributed by atoms with van der Waals surface area (Å²) in [5, 5.41) is 10.3. The highest BCUT2D eigenvalue weighted by Gasteiger charge is 2.15. The number of aliphatic hydroxyl groups excluding tert-OH is 1. The van der Waals surface area contributed by atoms with Crippen LogP contribution in [0.5, 0.6) is 0 Å². The molecule has 4 nitrogen and oxygen atoms in total. The van der Waals surface area contributed by atoms with E-state index in [0.29, 0.717) is 12.5 Å². The third kappa shape index (κ3) is 7.05. The lowest BCUT2D eigenvalue weighted by molar-refractivity contribution is 0.0233. The van der Waals surface area contributed by atoms with Crippen LogP contribution in [0, 0.1) is 18.3 Å². The summed E-state index contributed by atoms with van der Waals surface area (Å²) in [6.45, 7) is 8.03. The van der Waals surface area contributed by atoms with Crippen molar-refractivity contribution in [1.29, 1.82) is 0 Å². The van der Waals surface area contributed by atoms with Crippen molar-refractivity contribution in [2.45, 2.75) is 33.0 Å². The van der Waals surface area contributed by atoms with E-state index in [1.807, 2.05) is 6.07 Å². The first-order valence-corrected chi connectivity index (χ1v) is 9.18. The summed E-state index contributed by atoms with van der Waals surface area (Å²) in [6.07, 6.45) is 6.75. The van der Waals surface area contributed by atoms with Crippen molar-refractivity contribution in [2.75, 3.05) is 26.3 Å². The lowest BCUT2D eigenvalue weighted by atomic mass is 10.2. The van der Waals surface area contributed by atoms with Gasteiger partial charge in [0.1, 0.15) is 6.61 Å². The van der Waals surface area contributed by atoms with Crippen LogP contribution < -0.4 is 0 Å². The number of ether oxygens (including phenoxy) is 1. The second-order valence-corrected chi connectivity index (χ2v) is 7.07. The number of rotatable bonds is 11. The fraction of sp³-hybridized carbons (Fsp3) is 0.455. The average molecular weight is 354 g/mol. The van der Waals surface area contributed by atoms with Gasteiger partial charge in [-0.25, -0.2) is 0 Å². The number of benzene rings is 1. The summed E-state index contributed by atoms with van der Waals surface area (Å²) >= 11 is 0. The van der Waals surface area contributed by atoms with E-state index in [9.17, 15) is 5.11 Å². The molecule has 0 aliphatic heterocycles. The van der Waals surface area contributed by atoms with E-state index in [0.717, 1.165) is 19.6 Å². The minimum atomic E-state index is -0.542. The van der Waals surface area contributed by atoms with Gasteiger partial charge < -0.3 is 14.4 Å². The van der Waals surface area contributed by atoms with Gasteiger partial charge in [-0.3, -0.25) is 4.90 Å². The fourth-order valence-corrected chi connectivity index (χ4v) is 3.08.